The number of hydrogen-bond acceptors (Lipinski definition) is 4. The summed E-state index contributed by atoms with van der Waals surface area (Å²) < 4.78 is 4.17. The van der Waals surface area contributed by atoms with E-state index in [2.05, 4.69) is 25.9 Å². The SMILES string of the molecule is Cc1nc(-n2cccc2)sc1C(=O)Nc1cccc(-c2cnc3n2CCC3)c1. The molecule has 3 aromatic heterocycles. The van der Waals surface area contributed by atoms with Crippen molar-refractivity contribution >= 4 is 22.9 Å². The number of aromatic nitrogens is 4. The van der Waals surface area contributed by atoms with Crippen LogP contribution in [0, 0.1) is 6.92 Å². The molecule has 0 aliphatic carbocycles. The summed E-state index contributed by atoms with van der Waals surface area (Å²) >= 11 is 1.39. The van der Waals surface area contributed by atoms with Crippen LogP contribution in [0.4, 0.5) is 5.69 Å². The molecule has 0 saturated heterocycles. The summed E-state index contributed by atoms with van der Waals surface area (Å²) in [4.78, 5) is 22.5. The van der Waals surface area contributed by atoms with Gasteiger partial charge in [-0.15, -0.1) is 0 Å². The molecule has 1 N–H and O–H groups in total. The number of benzene rings is 1. The Labute approximate surface area is 166 Å². The minimum Gasteiger partial charge on any atom is -0.328 e. The van der Waals surface area contributed by atoms with Crippen molar-refractivity contribution in [2.75, 3.05) is 5.32 Å². The molecule has 140 valence electrons. The Hall–Kier alpha value is -3.19. The number of rotatable bonds is 4. The molecule has 1 aliphatic rings. The van der Waals surface area contributed by atoms with E-state index in [4.69, 9.17) is 0 Å². The van der Waals surface area contributed by atoms with E-state index in [0.717, 1.165) is 53.0 Å². The van der Waals surface area contributed by atoms with Crippen LogP contribution in [0.1, 0.15) is 27.6 Å². The fourth-order valence-corrected chi connectivity index (χ4v) is 4.53. The number of anilines is 1. The average molecular weight is 389 g/mol. The highest BCUT2D eigenvalue weighted by atomic mass is 32.1. The van der Waals surface area contributed by atoms with E-state index in [0.29, 0.717) is 4.88 Å². The molecule has 28 heavy (non-hydrogen) atoms. The van der Waals surface area contributed by atoms with Crippen LogP contribution in [0.3, 0.4) is 0 Å². The second-order valence-corrected chi connectivity index (χ2v) is 7.83. The average Bonchev–Trinajstić information content (AvgIpc) is 3.45. The number of hydrogen-bond donors (Lipinski definition) is 1. The first-order chi connectivity index (χ1) is 13.7. The first-order valence-corrected chi connectivity index (χ1v) is 10.1. The predicted molar refractivity (Wildman–Crippen MR) is 110 cm³/mol. The Morgan fingerprint density at radius 2 is 2.07 bits per heavy atom. The van der Waals surface area contributed by atoms with Crippen LogP contribution in [-0.4, -0.2) is 25.0 Å². The van der Waals surface area contributed by atoms with Crippen molar-refractivity contribution in [3.63, 3.8) is 0 Å². The van der Waals surface area contributed by atoms with Crippen molar-refractivity contribution in [2.24, 2.45) is 0 Å². The standard InChI is InChI=1S/C21H19N5OS/c1-14-19(28-21(23-14)25-9-2-3-10-25)20(27)24-16-7-4-6-15(12-16)17-13-22-18-8-5-11-26(17)18/h2-4,6-7,9-10,12-13H,5,8,11H2,1H3,(H,24,27). The van der Waals surface area contributed by atoms with E-state index in [-0.39, 0.29) is 5.91 Å². The van der Waals surface area contributed by atoms with E-state index < -0.39 is 0 Å². The van der Waals surface area contributed by atoms with E-state index in [9.17, 15) is 4.79 Å². The zero-order valence-corrected chi connectivity index (χ0v) is 16.2. The van der Waals surface area contributed by atoms with Crippen molar-refractivity contribution in [3.05, 3.63) is 71.4 Å². The molecule has 1 aliphatic heterocycles. The fourth-order valence-electron chi connectivity index (χ4n) is 3.60. The number of imidazole rings is 1. The molecular weight excluding hydrogens is 370 g/mol. The van der Waals surface area contributed by atoms with Gasteiger partial charge in [0.05, 0.1) is 17.6 Å². The summed E-state index contributed by atoms with van der Waals surface area (Å²) in [6.45, 7) is 2.87. The summed E-state index contributed by atoms with van der Waals surface area (Å²) in [6, 6.07) is 11.8. The molecule has 0 saturated carbocycles. The molecule has 4 aromatic rings. The quantitative estimate of drug-likeness (QED) is 0.566. The number of aryl methyl sites for hydroxylation is 2. The number of nitrogens with one attached hydrogen (secondary N) is 1. The number of nitrogens with zero attached hydrogens (tertiary/aromatic N) is 4. The Kier molecular flexibility index (Phi) is 4.09. The van der Waals surface area contributed by atoms with Crippen LogP contribution in [0.2, 0.25) is 0 Å². The predicted octanol–water partition coefficient (Wildman–Crippen LogP) is 4.30. The van der Waals surface area contributed by atoms with Crippen LogP contribution in [0.5, 0.6) is 0 Å². The molecule has 6 nitrogen and oxygen atoms in total. The Balaban J connectivity index is 1.40. The molecule has 0 fully saturated rings. The van der Waals surface area contributed by atoms with Gasteiger partial charge in [0.25, 0.3) is 5.91 Å². The minimum atomic E-state index is -0.135. The van der Waals surface area contributed by atoms with Gasteiger partial charge in [0.2, 0.25) is 0 Å². The van der Waals surface area contributed by atoms with Gasteiger partial charge in [0.1, 0.15) is 10.7 Å². The van der Waals surface area contributed by atoms with Gasteiger partial charge < -0.3 is 14.5 Å². The highest BCUT2D eigenvalue weighted by Gasteiger charge is 2.18. The maximum atomic E-state index is 12.8. The summed E-state index contributed by atoms with van der Waals surface area (Å²) in [7, 11) is 0. The highest BCUT2D eigenvalue weighted by molar-refractivity contribution is 7.16. The maximum absolute atomic E-state index is 12.8. The molecule has 1 amide bonds. The molecule has 7 heteroatoms. The number of carbonyl (C=O) groups is 1. The molecule has 0 spiro atoms. The summed E-state index contributed by atoms with van der Waals surface area (Å²) in [5, 5.41) is 3.81. The van der Waals surface area contributed by atoms with Gasteiger partial charge in [0, 0.05) is 36.6 Å². The zero-order chi connectivity index (χ0) is 19.1. The smallest absolute Gasteiger partial charge is 0.267 e. The van der Waals surface area contributed by atoms with Crippen LogP contribution < -0.4 is 5.32 Å². The van der Waals surface area contributed by atoms with Crippen LogP contribution >= 0.6 is 11.3 Å². The van der Waals surface area contributed by atoms with Gasteiger partial charge in [-0.3, -0.25) is 4.79 Å². The number of fused-ring (bicyclic) bond motifs is 1. The van der Waals surface area contributed by atoms with Crippen molar-refractivity contribution < 1.29 is 4.79 Å². The number of thiazole rings is 1. The Morgan fingerprint density at radius 1 is 1.21 bits per heavy atom. The van der Waals surface area contributed by atoms with Gasteiger partial charge in [-0.1, -0.05) is 23.5 Å². The lowest BCUT2D eigenvalue weighted by Crippen LogP contribution is -2.11. The lowest BCUT2D eigenvalue weighted by atomic mass is 10.1. The molecular formula is C21H19N5OS. The summed E-state index contributed by atoms with van der Waals surface area (Å²) in [6.07, 6.45) is 7.94. The normalized spacial score (nSPS) is 12.9. The van der Waals surface area contributed by atoms with Crippen LogP contribution in [-0.2, 0) is 13.0 Å². The van der Waals surface area contributed by atoms with E-state index in [1.165, 1.54) is 11.3 Å². The number of carbonyl (C=O) groups excluding carboxylic acids is 1. The first kappa shape index (κ1) is 16.9. The molecule has 0 radical (unpaired) electrons. The second kappa shape index (κ2) is 6.76. The number of amides is 1. The molecule has 5 rings (SSSR count). The third-order valence-electron chi connectivity index (χ3n) is 4.95. The third kappa shape index (κ3) is 2.93. The lowest BCUT2D eigenvalue weighted by Gasteiger charge is -2.08. The zero-order valence-electron chi connectivity index (χ0n) is 15.4. The molecule has 0 atom stereocenters. The molecule has 1 aromatic carbocycles. The van der Waals surface area contributed by atoms with Gasteiger partial charge in [-0.25, -0.2) is 9.97 Å². The van der Waals surface area contributed by atoms with Gasteiger partial charge >= 0.3 is 0 Å². The van der Waals surface area contributed by atoms with Crippen molar-refractivity contribution in [3.8, 4) is 16.4 Å². The van der Waals surface area contributed by atoms with E-state index >= 15 is 0 Å². The van der Waals surface area contributed by atoms with Crippen LogP contribution in [0.15, 0.2) is 55.0 Å². The first-order valence-electron chi connectivity index (χ1n) is 9.26. The Morgan fingerprint density at radius 3 is 2.93 bits per heavy atom. The largest absolute Gasteiger partial charge is 0.328 e. The third-order valence-corrected chi connectivity index (χ3v) is 6.12. The van der Waals surface area contributed by atoms with Gasteiger partial charge in [-0.05, 0) is 37.6 Å². The fraction of sp³-hybridized carbons (Fsp3) is 0.190. The van der Waals surface area contributed by atoms with Crippen molar-refractivity contribution in [2.45, 2.75) is 26.3 Å². The summed E-state index contributed by atoms with van der Waals surface area (Å²) in [5.41, 5.74) is 3.67. The Bertz CT molecular complexity index is 1160. The summed E-state index contributed by atoms with van der Waals surface area (Å²) in [5.74, 6) is 1.01. The molecule has 0 unspecified atom stereocenters. The van der Waals surface area contributed by atoms with Crippen LogP contribution in [0.25, 0.3) is 16.4 Å². The van der Waals surface area contributed by atoms with E-state index in [1.807, 2.05) is 60.4 Å². The lowest BCUT2D eigenvalue weighted by molar-refractivity contribution is 0.103. The second-order valence-electron chi connectivity index (χ2n) is 6.85. The molecule has 4 heterocycles. The topological polar surface area (TPSA) is 64.7 Å². The van der Waals surface area contributed by atoms with Crippen molar-refractivity contribution in [1.29, 1.82) is 0 Å². The monoisotopic (exact) mass is 389 g/mol. The molecule has 0 bridgehead atoms. The van der Waals surface area contributed by atoms with Gasteiger partial charge in [-0.2, -0.15) is 0 Å². The highest BCUT2D eigenvalue weighted by Crippen LogP contribution is 2.28. The van der Waals surface area contributed by atoms with Gasteiger partial charge in [0.15, 0.2) is 5.13 Å². The minimum absolute atomic E-state index is 0.135. The van der Waals surface area contributed by atoms with Crippen molar-refractivity contribution in [1.82, 2.24) is 19.1 Å². The van der Waals surface area contributed by atoms with E-state index in [1.54, 1.807) is 0 Å². The maximum Gasteiger partial charge on any atom is 0.267 e.